The van der Waals surface area contributed by atoms with E-state index < -0.39 is 18.3 Å². The molecule has 5 aromatic heterocycles. The van der Waals surface area contributed by atoms with E-state index in [2.05, 4.69) is 35.7 Å². The summed E-state index contributed by atoms with van der Waals surface area (Å²) < 4.78 is 25.4. The average Bonchev–Trinajstić information content (AvgIpc) is 0.808. The van der Waals surface area contributed by atoms with E-state index >= 15 is 0 Å². The number of ether oxygens (including phenoxy) is 1. The molecule has 93 heavy (non-hydrogen) atoms. The number of aryl methyl sites for hydroxylation is 3. The van der Waals surface area contributed by atoms with Crippen molar-refractivity contribution in [2.75, 3.05) is 117 Å². The second-order valence-electron chi connectivity index (χ2n) is 23.0. The SMILES string of the molecule is CN(C)C(=O)C1CCN(c2ncc(Cl)c(Cc3ccc4c(c3)cc(O)c(=O)n4C)n2)CC1.CN(C)C(=O)CBr.CN(C)C(=O)COc1cc2cc(Cc3nc(N4CCC(C(=O)N(C)C)CC4)ncc3Cl)ccc2n(C)c1=O.Cn1c(=O)c(O)cc2cc(N)ccc21.[2H]CF. The highest BCUT2D eigenvalue weighted by atomic mass is 79.9. The lowest BCUT2D eigenvalue weighted by atomic mass is 9.96. The summed E-state index contributed by atoms with van der Waals surface area (Å²) in [6.07, 6.45) is 7.25. The summed E-state index contributed by atoms with van der Waals surface area (Å²) in [5, 5.41) is 22.9. The van der Waals surface area contributed by atoms with Gasteiger partial charge in [0, 0.05) is 150 Å². The summed E-state index contributed by atoms with van der Waals surface area (Å²) in [7, 11) is 17.8. The van der Waals surface area contributed by atoms with Crippen LogP contribution >= 0.6 is 39.1 Å². The van der Waals surface area contributed by atoms with E-state index in [0.717, 1.165) is 69.5 Å². The molecular formula is C65H80BrCl2FN14O10. The van der Waals surface area contributed by atoms with Crippen molar-refractivity contribution in [1.29, 1.82) is 0 Å². The highest BCUT2D eigenvalue weighted by molar-refractivity contribution is 9.09. The zero-order valence-corrected chi connectivity index (χ0v) is 57.1. The van der Waals surface area contributed by atoms with Gasteiger partial charge in [0.25, 0.3) is 22.6 Å². The van der Waals surface area contributed by atoms with Crippen molar-refractivity contribution in [2.24, 2.45) is 33.0 Å². The second kappa shape index (κ2) is 33.1. The van der Waals surface area contributed by atoms with Crippen LogP contribution in [-0.4, -0.2) is 189 Å². The van der Waals surface area contributed by atoms with E-state index in [0.29, 0.717) is 83.4 Å². The molecule has 24 nitrogen and oxygen atoms in total. The van der Waals surface area contributed by atoms with Gasteiger partial charge in [0.05, 0.1) is 64.2 Å². The Kier molecular flexibility index (Phi) is 25.5. The van der Waals surface area contributed by atoms with Crippen LogP contribution in [-0.2, 0) is 53.2 Å². The van der Waals surface area contributed by atoms with Gasteiger partial charge >= 0.3 is 0 Å². The number of nitrogens with zero attached hydrogens (tertiary/aromatic N) is 13. The van der Waals surface area contributed by atoms with Crippen LogP contribution in [0.5, 0.6) is 17.2 Å². The number of nitrogen functional groups attached to an aromatic ring is 1. The third kappa shape index (κ3) is 18.7. The number of rotatable bonds is 12. The van der Waals surface area contributed by atoms with Crippen molar-refractivity contribution in [3.05, 3.63) is 149 Å². The number of carbonyl (C=O) groups excluding carboxylic acids is 4. The maximum absolute atomic E-state index is 12.7. The van der Waals surface area contributed by atoms with Gasteiger partial charge in [-0.2, -0.15) is 0 Å². The molecule has 8 aromatic rings. The van der Waals surface area contributed by atoms with Gasteiger partial charge in [0.2, 0.25) is 29.6 Å². The van der Waals surface area contributed by atoms with Crippen LogP contribution < -0.4 is 36.9 Å². The lowest BCUT2D eigenvalue weighted by Crippen LogP contribution is -2.40. The molecule has 0 aliphatic carbocycles. The fraction of sp³-hybridized carbons (Fsp3) is 0.400. The molecule has 0 saturated carbocycles. The lowest BCUT2D eigenvalue weighted by molar-refractivity contribution is -0.134. The number of hydrogen-bond acceptors (Lipinski definition) is 17. The van der Waals surface area contributed by atoms with Crippen LogP contribution in [0.3, 0.4) is 0 Å². The quantitative estimate of drug-likeness (QED) is 0.0836. The maximum atomic E-state index is 12.7. The molecule has 0 radical (unpaired) electrons. The monoisotopic (exact) mass is 1390 g/mol. The largest absolute Gasteiger partial charge is 0.503 e. The summed E-state index contributed by atoms with van der Waals surface area (Å²) in [5.41, 5.74) is 10.6. The van der Waals surface area contributed by atoms with E-state index in [1.165, 1.54) is 35.6 Å². The van der Waals surface area contributed by atoms with Crippen LogP contribution in [0.1, 0.15) is 49.6 Å². The van der Waals surface area contributed by atoms with E-state index in [-0.39, 0.29) is 64.9 Å². The van der Waals surface area contributed by atoms with Crippen molar-refractivity contribution in [2.45, 2.75) is 38.5 Å². The van der Waals surface area contributed by atoms with Crippen molar-refractivity contribution < 1.29 is 39.9 Å². The fourth-order valence-corrected chi connectivity index (χ4v) is 11.1. The third-order valence-corrected chi connectivity index (χ3v) is 16.8. The van der Waals surface area contributed by atoms with Crippen LogP contribution in [0.15, 0.2) is 99.6 Å². The number of alkyl halides is 2. The van der Waals surface area contributed by atoms with E-state index in [9.17, 15) is 48.2 Å². The fourth-order valence-electron chi connectivity index (χ4n) is 10.3. The van der Waals surface area contributed by atoms with Crippen LogP contribution in [0.4, 0.5) is 22.0 Å². The minimum atomic E-state index is -1.00. The number of aromatic nitrogens is 7. The summed E-state index contributed by atoms with van der Waals surface area (Å²) >= 11 is 15.9. The van der Waals surface area contributed by atoms with Gasteiger partial charge in [-0.25, -0.2) is 19.9 Å². The van der Waals surface area contributed by atoms with Gasteiger partial charge < -0.3 is 63.8 Å². The highest BCUT2D eigenvalue weighted by Gasteiger charge is 2.29. The molecule has 7 heterocycles. The number of piperidine rings is 2. The Morgan fingerprint density at radius 3 is 1.35 bits per heavy atom. The predicted octanol–water partition coefficient (Wildman–Crippen LogP) is 6.81. The van der Waals surface area contributed by atoms with Gasteiger partial charge in [0.1, 0.15) is 0 Å². The number of likely N-dealkylation sites (N-methyl/N-ethyl adjacent to an activating group) is 1. The Morgan fingerprint density at radius 1 is 0.602 bits per heavy atom. The molecule has 498 valence electrons. The Hall–Kier alpha value is -8.88. The zero-order chi connectivity index (χ0) is 69.4. The van der Waals surface area contributed by atoms with Gasteiger partial charge in [-0.3, -0.25) is 38.0 Å². The number of pyridine rings is 3. The highest BCUT2D eigenvalue weighted by Crippen LogP contribution is 2.29. The Balaban J connectivity index is 0.000000223. The van der Waals surface area contributed by atoms with Crippen molar-refractivity contribution in [3.8, 4) is 17.2 Å². The predicted molar refractivity (Wildman–Crippen MR) is 366 cm³/mol. The first-order valence-electron chi connectivity index (χ1n) is 30.1. The lowest BCUT2D eigenvalue weighted by Gasteiger charge is -2.32. The molecule has 28 heteroatoms. The summed E-state index contributed by atoms with van der Waals surface area (Å²) in [6, 6.07) is 21.2. The number of fused-ring (bicyclic) bond motifs is 3. The zero-order valence-electron chi connectivity index (χ0n) is 55.0. The van der Waals surface area contributed by atoms with E-state index in [1.807, 2.05) is 36.4 Å². The first-order chi connectivity index (χ1) is 44.5. The van der Waals surface area contributed by atoms with Crippen molar-refractivity contribution in [3.63, 3.8) is 0 Å². The molecule has 2 saturated heterocycles. The molecule has 3 aromatic carbocycles. The molecule has 0 unspecified atom stereocenters. The summed E-state index contributed by atoms with van der Waals surface area (Å²) in [6.45, 7) is 2.62. The number of halogens is 4. The Labute approximate surface area is 558 Å². The first kappa shape index (κ1) is 71.6. The molecule has 4 N–H and O–H groups in total. The second-order valence-corrected chi connectivity index (χ2v) is 24.4. The normalized spacial score (nSPS) is 13.2. The van der Waals surface area contributed by atoms with Gasteiger partial charge in [-0.15, -0.1) is 0 Å². The van der Waals surface area contributed by atoms with Gasteiger partial charge in [-0.05, 0) is 97.5 Å². The first-order valence-corrected chi connectivity index (χ1v) is 31.3. The number of hydrogen-bond donors (Lipinski definition) is 3. The Morgan fingerprint density at radius 2 is 0.978 bits per heavy atom. The van der Waals surface area contributed by atoms with Crippen LogP contribution in [0, 0.1) is 11.8 Å². The average molecular weight is 1390 g/mol. The molecule has 2 fully saturated rings. The maximum Gasteiger partial charge on any atom is 0.293 e. The number of benzene rings is 3. The molecule has 2 aliphatic heterocycles. The summed E-state index contributed by atoms with van der Waals surface area (Å²) in [5.74, 6) is 1.05. The minimum Gasteiger partial charge on any atom is -0.503 e. The molecule has 10 rings (SSSR count). The minimum absolute atomic E-state index is 0.0245. The van der Waals surface area contributed by atoms with Crippen molar-refractivity contribution in [1.82, 2.24) is 53.2 Å². The van der Waals surface area contributed by atoms with Gasteiger partial charge in [-0.1, -0.05) is 51.3 Å². The van der Waals surface area contributed by atoms with Gasteiger partial charge in [0.15, 0.2) is 23.9 Å². The number of aromatic hydroxyl groups is 2. The number of anilines is 3. The number of amides is 4. The van der Waals surface area contributed by atoms with Crippen LogP contribution in [0.25, 0.3) is 32.7 Å². The molecule has 2 aliphatic rings. The molecule has 0 atom stereocenters. The van der Waals surface area contributed by atoms with E-state index in [4.69, 9.17) is 45.0 Å². The molecule has 0 spiro atoms. The Bertz CT molecular complexity index is 4220. The van der Waals surface area contributed by atoms with Crippen LogP contribution in [0.2, 0.25) is 10.0 Å². The number of nitrogens with two attached hydrogens (primary N) is 1. The van der Waals surface area contributed by atoms with Crippen molar-refractivity contribution >= 4 is 113 Å². The molecular weight excluding hydrogens is 1310 g/mol. The topological polar surface area (TPSA) is 281 Å². The molecule has 4 amide bonds. The third-order valence-electron chi connectivity index (χ3n) is 15.7. The summed E-state index contributed by atoms with van der Waals surface area (Å²) in [4.78, 5) is 112. The smallest absolute Gasteiger partial charge is 0.293 e. The number of carbonyl (C=O) groups is 4. The standard InChI is InChI=1S/C27H33ClN6O4.C23H26ClN5O3.C10H10N2O2.C4H8BrNO.CH3F/c1-31(2)24(35)16-38-23-14-19-12-17(6-7-22(19)33(5)26(23)37)13-21-20(28)15-29-27(30-21)34-10-8-18(9-11-34)25(36)32(3)4;1-27(2)21(31)15-6-8-29(9-7-15)23-25-13-17(24)18(26-23)11-14-4-5-19-16(10-14)12-20(30)22(32)28(19)3;1-12-8-3-2-7(11)4-6(8)5-9(13)10(12)14;1-6(2)4(7)3-5;1-2/h6-7,12,14-15,18H,8-11,13,16H2,1-5H3;4-5,10,12-13,15,30H,6-9,11H2,1-3H3;2-5,13H,11H2,1H3;3H2,1-2H3;1H3/i;;;;1D. The molecule has 0 bridgehead atoms. The van der Waals surface area contributed by atoms with E-state index in [1.54, 1.807) is 124 Å².